The molecule has 0 atom stereocenters. The monoisotopic (exact) mass is 395 g/mol. The Hall–Kier alpha value is -3.16. The first-order valence-electron chi connectivity index (χ1n) is 8.20. The highest BCUT2D eigenvalue weighted by atomic mass is 19.4. The fourth-order valence-electron chi connectivity index (χ4n) is 2.48. The molecule has 0 heterocycles. The lowest BCUT2D eigenvalue weighted by atomic mass is 10.1. The third-order valence-corrected chi connectivity index (χ3v) is 3.90. The van der Waals surface area contributed by atoms with E-state index in [2.05, 4.69) is 5.32 Å². The van der Waals surface area contributed by atoms with Crippen LogP contribution in [0.3, 0.4) is 0 Å². The molecular formula is C20H20F3NO4. The van der Waals surface area contributed by atoms with Gasteiger partial charge in [-0.15, -0.1) is 0 Å². The van der Waals surface area contributed by atoms with E-state index in [-0.39, 0.29) is 12.1 Å². The maximum absolute atomic E-state index is 12.7. The molecule has 0 bridgehead atoms. The molecule has 2 rings (SSSR count). The van der Waals surface area contributed by atoms with E-state index in [9.17, 15) is 18.0 Å². The number of amides is 1. The molecule has 1 amide bonds. The Kier molecular flexibility index (Phi) is 6.92. The molecule has 0 aliphatic rings. The minimum absolute atomic E-state index is 0.0993. The summed E-state index contributed by atoms with van der Waals surface area (Å²) in [6, 6.07) is 8.02. The van der Waals surface area contributed by atoms with Crippen LogP contribution in [0, 0.1) is 0 Å². The second-order valence-corrected chi connectivity index (χ2v) is 5.68. The van der Waals surface area contributed by atoms with Crippen LogP contribution in [0.15, 0.2) is 42.5 Å². The Labute approximate surface area is 160 Å². The third kappa shape index (κ3) is 5.42. The highest BCUT2D eigenvalue weighted by Crippen LogP contribution is 2.34. The van der Waals surface area contributed by atoms with Gasteiger partial charge in [0, 0.05) is 18.2 Å². The number of carbonyl (C=O) groups is 1. The molecule has 0 aliphatic carbocycles. The fraction of sp³-hybridized carbons (Fsp3) is 0.250. The first-order chi connectivity index (χ1) is 13.3. The normalized spacial score (nSPS) is 11.4. The molecule has 28 heavy (non-hydrogen) atoms. The van der Waals surface area contributed by atoms with Gasteiger partial charge in [-0.25, -0.2) is 0 Å². The molecule has 0 saturated heterocycles. The molecule has 8 heteroatoms. The largest absolute Gasteiger partial charge is 0.496 e. The zero-order chi connectivity index (χ0) is 20.7. The molecular weight excluding hydrogens is 375 g/mol. The van der Waals surface area contributed by atoms with E-state index in [0.29, 0.717) is 22.8 Å². The highest BCUT2D eigenvalue weighted by Gasteiger charge is 2.30. The van der Waals surface area contributed by atoms with Gasteiger partial charge >= 0.3 is 6.18 Å². The van der Waals surface area contributed by atoms with Crippen molar-refractivity contribution in [3.63, 3.8) is 0 Å². The van der Waals surface area contributed by atoms with Gasteiger partial charge in [0.25, 0.3) is 0 Å². The summed E-state index contributed by atoms with van der Waals surface area (Å²) in [4.78, 5) is 12.1. The van der Waals surface area contributed by atoms with Crippen molar-refractivity contribution in [1.29, 1.82) is 0 Å². The number of benzene rings is 2. The van der Waals surface area contributed by atoms with Gasteiger partial charge in [0.15, 0.2) is 0 Å². The van der Waals surface area contributed by atoms with E-state index >= 15 is 0 Å². The Morgan fingerprint density at radius 1 is 1.04 bits per heavy atom. The topological polar surface area (TPSA) is 56.8 Å². The number of rotatable bonds is 7. The van der Waals surface area contributed by atoms with Crippen molar-refractivity contribution in [3.05, 3.63) is 59.2 Å². The lowest BCUT2D eigenvalue weighted by Gasteiger charge is -2.15. The molecule has 2 aromatic carbocycles. The van der Waals surface area contributed by atoms with Gasteiger partial charge in [0.1, 0.15) is 17.2 Å². The summed E-state index contributed by atoms with van der Waals surface area (Å²) in [5.41, 5.74) is 0.0963. The minimum atomic E-state index is -4.44. The summed E-state index contributed by atoms with van der Waals surface area (Å²) in [6.45, 7) is 0.0993. The average molecular weight is 395 g/mol. The van der Waals surface area contributed by atoms with Gasteiger partial charge < -0.3 is 19.5 Å². The van der Waals surface area contributed by atoms with Crippen LogP contribution < -0.4 is 19.5 Å². The van der Waals surface area contributed by atoms with Crippen LogP contribution in [0.2, 0.25) is 0 Å². The number of methoxy groups -OCH3 is 3. The van der Waals surface area contributed by atoms with Crippen LogP contribution in [0.1, 0.15) is 16.7 Å². The number of hydrogen-bond acceptors (Lipinski definition) is 4. The summed E-state index contributed by atoms with van der Waals surface area (Å²) in [5, 5.41) is 2.65. The van der Waals surface area contributed by atoms with Crippen molar-refractivity contribution in [1.82, 2.24) is 5.32 Å². The summed E-state index contributed by atoms with van der Waals surface area (Å²) in [7, 11) is 4.47. The van der Waals surface area contributed by atoms with Crippen molar-refractivity contribution < 1.29 is 32.2 Å². The first kappa shape index (κ1) is 21.1. The van der Waals surface area contributed by atoms with Gasteiger partial charge in [-0.3, -0.25) is 4.79 Å². The van der Waals surface area contributed by atoms with Crippen LogP contribution in [0.25, 0.3) is 6.08 Å². The summed E-state index contributed by atoms with van der Waals surface area (Å²) in [6.07, 6.45) is -1.96. The second-order valence-electron chi connectivity index (χ2n) is 5.68. The molecule has 0 aliphatic heterocycles. The molecule has 0 radical (unpaired) electrons. The lowest BCUT2D eigenvalue weighted by molar-refractivity contribution is -0.137. The number of halogens is 3. The molecule has 5 nitrogen and oxygen atoms in total. The number of hydrogen-bond donors (Lipinski definition) is 1. The molecule has 0 aromatic heterocycles. The smallest absolute Gasteiger partial charge is 0.416 e. The molecule has 0 spiro atoms. The molecule has 0 fully saturated rings. The van der Waals surface area contributed by atoms with Crippen molar-refractivity contribution in [2.75, 3.05) is 21.3 Å². The fourth-order valence-corrected chi connectivity index (χ4v) is 2.48. The van der Waals surface area contributed by atoms with Gasteiger partial charge in [0.05, 0.1) is 39.0 Å². The summed E-state index contributed by atoms with van der Waals surface area (Å²) >= 11 is 0. The number of nitrogens with one attached hydrogen (secondary N) is 1. The van der Waals surface area contributed by atoms with Crippen LogP contribution in [-0.2, 0) is 17.5 Å². The predicted molar refractivity (Wildman–Crippen MR) is 98.4 cm³/mol. The van der Waals surface area contributed by atoms with E-state index in [4.69, 9.17) is 14.2 Å². The van der Waals surface area contributed by atoms with Gasteiger partial charge in [0.2, 0.25) is 5.91 Å². The van der Waals surface area contributed by atoms with Crippen molar-refractivity contribution >= 4 is 12.0 Å². The van der Waals surface area contributed by atoms with Crippen LogP contribution >= 0.6 is 0 Å². The van der Waals surface area contributed by atoms with E-state index < -0.39 is 17.6 Å². The standard InChI is InChI=1S/C20H20F3NO4/c1-26-15-10-17(27-2)16(18(11-15)28-3)12-24-19(25)8-7-13-5-4-6-14(9-13)20(21,22)23/h4-11H,12H2,1-3H3,(H,24,25)/b8-7+. The van der Waals surface area contributed by atoms with Gasteiger partial charge in [-0.05, 0) is 23.8 Å². The van der Waals surface area contributed by atoms with Gasteiger partial charge in [-0.2, -0.15) is 13.2 Å². The van der Waals surface area contributed by atoms with Crippen molar-refractivity contribution in [3.8, 4) is 17.2 Å². The van der Waals surface area contributed by atoms with E-state index in [1.165, 1.54) is 39.5 Å². The third-order valence-electron chi connectivity index (χ3n) is 3.90. The Morgan fingerprint density at radius 2 is 1.68 bits per heavy atom. The summed E-state index contributed by atoms with van der Waals surface area (Å²) < 4.78 is 54.0. The SMILES string of the molecule is COc1cc(OC)c(CNC(=O)/C=C/c2cccc(C(F)(F)F)c2)c(OC)c1. The highest BCUT2D eigenvalue weighted by molar-refractivity contribution is 5.91. The second kappa shape index (κ2) is 9.16. The lowest BCUT2D eigenvalue weighted by Crippen LogP contribution is -2.21. The number of carbonyl (C=O) groups excluding carboxylic acids is 1. The molecule has 2 aromatic rings. The van der Waals surface area contributed by atoms with Crippen molar-refractivity contribution in [2.45, 2.75) is 12.7 Å². The average Bonchev–Trinajstić information content (AvgIpc) is 2.69. The Balaban J connectivity index is 2.10. The van der Waals surface area contributed by atoms with Crippen LogP contribution in [0.5, 0.6) is 17.2 Å². The maximum Gasteiger partial charge on any atom is 0.416 e. The van der Waals surface area contributed by atoms with E-state index in [0.717, 1.165) is 18.2 Å². The first-order valence-corrected chi connectivity index (χ1v) is 8.20. The maximum atomic E-state index is 12.7. The number of ether oxygens (including phenoxy) is 3. The zero-order valence-electron chi connectivity index (χ0n) is 15.6. The van der Waals surface area contributed by atoms with Gasteiger partial charge in [-0.1, -0.05) is 12.1 Å². The van der Waals surface area contributed by atoms with E-state index in [1.54, 1.807) is 12.1 Å². The van der Waals surface area contributed by atoms with Crippen molar-refractivity contribution in [2.24, 2.45) is 0 Å². The predicted octanol–water partition coefficient (Wildman–Crippen LogP) is 4.06. The zero-order valence-corrected chi connectivity index (χ0v) is 15.6. The minimum Gasteiger partial charge on any atom is -0.496 e. The molecule has 0 unspecified atom stereocenters. The van der Waals surface area contributed by atoms with Crippen LogP contribution in [-0.4, -0.2) is 27.2 Å². The quantitative estimate of drug-likeness (QED) is 0.719. The van der Waals surface area contributed by atoms with Crippen LogP contribution in [0.4, 0.5) is 13.2 Å². The molecule has 150 valence electrons. The van der Waals surface area contributed by atoms with E-state index in [1.807, 2.05) is 0 Å². The Morgan fingerprint density at radius 3 is 2.21 bits per heavy atom. The number of alkyl halides is 3. The Bertz CT molecular complexity index is 838. The molecule has 0 saturated carbocycles. The molecule has 1 N–H and O–H groups in total. The summed E-state index contributed by atoms with van der Waals surface area (Å²) in [5.74, 6) is 1.00.